The van der Waals surface area contributed by atoms with Gasteiger partial charge in [-0.1, -0.05) is 11.6 Å². The molecule has 0 fully saturated rings. The fraction of sp³-hybridized carbons (Fsp3) is 0.429. The zero-order valence-electron chi connectivity index (χ0n) is 10.8. The Balaban J connectivity index is 1.95. The van der Waals surface area contributed by atoms with Gasteiger partial charge in [-0.05, 0) is 39.2 Å². The Labute approximate surface area is 102 Å². The van der Waals surface area contributed by atoms with Crippen molar-refractivity contribution in [3.63, 3.8) is 0 Å². The molecule has 92 valence electrons. The van der Waals surface area contributed by atoms with Gasteiger partial charge in [-0.25, -0.2) is 0 Å². The van der Waals surface area contributed by atoms with Gasteiger partial charge in [0.2, 0.25) is 0 Å². The summed E-state index contributed by atoms with van der Waals surface area (Å²) in [6, 6.07) is 8.39. The highest BCUT2D eigenvalue weighted by Gasteiger charge is 2.03. The Bertz CT molecular complexity index is 488. The number of nitrogens with one attached hydrogen (secondary N) is 1. The van der Waals surface area contributed by atoms with Crippen LogP contribution in [0.1, 0.15) is 11.3 Å². The van der Waals surface area contributed by atoms with Crippen LogP contribution in [0.2, 0.25) is 0 Å². The van der Waals surface area contributed by atoms with Crippen LogP contribution in [-0.4, -0.2) is 32.1 Å². The lowest BCUT2D eigenvalue weighted by Gasteiger charge is -2.09. The van der Waals surface area contributed by atoms with E-state index < -0.39 is 0 Å². The van der Waals surface area contributed by atoms with E-state index in [0.29, 0.717) is 0 Å². The molecule has 0 aliphatic heterocycles. The van der Waals surface area contributed by atoms with Crippen LogP contribution in [0.5, 0.6) is 0 Å². The lowest BCUT2D eigenvalue weighted by molar-refractivity contribution is 0.394. The van der Waals surface area contributed by atoms with Crippen molar-refractivity contribution in [1.82, 2.24) is 10.2 Å². The van der Waals surface area contributed by atoms with Gasteiger partial charge >= 0.3 is 0 Å². The third-order valence-electron chi connectivity index (χ3n) is 2.76. The van der Waals surface area contributed by atoms with Gasteiger partial charge in [-0.3, -0.25) is 0 Å². The third-order valence-corrected chi connectivity index (χ3v) is 2.76. The zero-order chi connectivity index (χ0) is 12.3. The summed E-state index contributed by atoms with van der Waals surface area (Å²) in [7, 11) is 4.15. The summed E-state index contributed by atoms with van der Waals surface area (Å²) < 4.78 is 5.75. The summed E-state index contributed by atoms with van der Waals surface area (Å²) in [4.78, 5) is 2.16. The number of aryl methyl sites for hydroxylation is 1. The van der Waals surface area contributed by atoms with Gasteiger partial charge in [0.1, 0.15) is 11.3 Å². The molecule has 0 radical (unpaired) electrons. The van der Waals surface area contributed by atoms with Crippen molar-refractivity contribution in [2.24, 2.45) is 0 Å². The van der Waals surface area contributed by atoms with Crippen LogP contribution >= 0.6 is 0 Å². The molecule has 3 heteroatoms. The summed E-state index contributed by atoms with van der Waals surface area (Å²) >= 11 is 0. The Morgan fingerprint density at radius 2 is 2.06 bits per heavy atom. The molecule has 0 unspecified atom stereocenters. The molecule has 2 rings (SSSR count). The molecule has 1 heterocycles. The van der Waals surface area contributed by atoms with Crippen molar-refractivity contribution in [2.75, 3.05) is 27.2 Å². The predicted molar refractivity (Wildman–Crippen MR) is 71.2 cm³/mol. The minimum atomic E-state index is 0.793. The van der Waals surface area contributed by atoms with Crippen LogP contribution in [0, 0.1) is 6.92 Å². The smallest absolute Gasteiger partial charge is 0.134 e. The van der Waals surface area contributed by atoms with Gasteiger partial charge in [0, 0.05) is 18.5 Å². The lowest BCUT2D eigenvalue weighted by Crippen LogP contribution is -2.25. The maximum Gasteiger partial charge on any atom is 0.134 e. The first-order valence-corrected chi connectivity index (χ1v) is 5.99. The molecule has 0 amide bonds. The van der Waals surface area contributed by atoms with Gasteiger partial charge in [-0.15, -0.1) is 0 Å². The number of fused-ring (bicyclic) bond motifs is 1. The van der Waals surface area contributed by atoms with E-state index in [1.54, 1.807) is 0 Å². The molecular formula is C14H20N2O. The second kappa shape index (κ2) is 5.34. The summed E-state index contributed by atoms with van der Waals surface area (Å²) in [6.07, 6.45) is 0. The highest BCUT2D eigenvalue weighted by Crippen LogP contribution is 2.20. The number of benzene rings is 1. The molecule has 0 saturated carbocycles. The number of rotatable bonds is 5. The van der Waals surface area contributed by atoms with Gasteiger partial charge in [0.25, 0.3) is 0 Å². The minimum absolute atomic E-state index is 0.793. The number of nitrogens with zero attached hydrogens (tertiary/aromatic N) is 1. The van der Waals surface area contributed by atoms with Gasteiger partial charge in [0.05, 0.1) is 6.54 Å². The molecule has 1 aromatic carbocycles. The van der Waals surface area contributed by atoms with Gasteiger partial charge in [-0.2, -0.15) is 0 Å². The minimum Gasteiger partial charge on any atom is -0.460 e. The molecule has 0 saturated heterocycles. The van der Waals surface area contributed by atoms with E-state index in [9.17, 15) is 0 Å². The van der Waals surface area contributed by atoms with E-state index in [4.69, 9.17) is 4.42 Å². The summed E-state index contributed by atoms with van der Waals surface area (Å²) in [5.74, 6) is 1.00. The van der Waals surface area contributed by atoms with E-state index in [2.05, 4.69) is 49.4 Å². The van der Waals surface area contributed by atoms with Crippen LogP contribution in [0.25, 0.3) is 11.0 Å². The molecular weight excluding hydrogens is 212 g/mol. The monoisotopic (exact) mass is 232 g/mol. The maximum absolute atomic E-state index is 5.75. The van der Waals surface area contributed by atoms with Crippen molar-refractivity contribution < 1.29 is 4.42 Å². The van der Waals surface area contributed by atoms with Crippen LogP contribution in [0.3, 0.4) is 0 Å². The third kappa shape index (κ3) is 3.32. The van der Waals surface area contributed by atoms with Crippen LogP contribution in [-0.2, 0) is 6.54 Å². The van der Waals surface area contributed by atoms with Crippen LogP contribution in [0.4, 0.5) is 0 Å². The topological polar surface area (TPSA) is 28.4 Å². The number of likely N-dealkylation sites (N-methyl/N-ethyl adjacent to an activating group) is 1. The van der Waals surface area contributed by atoms with E-state index >= 15 is 0 Å². The van der Waals surface area contributed by atoms with E-state index in [-0.39, 0.29) is 0 Å². The molecule has 0 aliphatic carbocycles. The highest BCUT2D eigenvalue weighted by atomic mass is 16.3. The van der Waals surface area contributed by atoms with Crippen LogP contribution in [0.15, 0.2) is 28.7 Å². The molecule has 1 aromatic heterocycles. The molecule has 0 spiro atoms. The van der Waals surface area contributed by atoms with E-state index in [1.807, 2.05) is 6.07 Å². The predicted octanol–water partition coefficient (Wildman–Crippen LogP) is 2.39. The fourth-order valence-electron chi connectivity index (χ4n) is 1.82. The first-order chi connectivity index (χ1) is 8.15. The lowest BCUT2D eigenvalue weighted by atomic mass is 10.2. The average Bonchev–Trinajstić information content (AvgIpc) is 2.66. The summed E-state index contributed by atoms with van der Waals surface area (Å²) in [5.41, 5.74) is 2.24. The van der Waals surface area contributed by atoms with E-state index in [0.717, 1.165) is 31.0 Å². The second-order valence-corrected chi connectivity index (χ2v) is 4.73. The quantitative estimate of drug-likeness (QED) is 0.802. The molecule has 17 heavy (non-hydrogen) atoms. The molecule has 3 nitrogen and oxygen atoms in total. The van der Waals surface area contributed by atoms with Gasteiger partial charge in [0.15, 0.2) is 0 Å². The normalized spacial score (nSPS) is 11.5. The SMILES string of the molecule is Cc1ccc2oc(CNCCN(C)C)cc2c1. The highest BCUT2D eigenvalue weighted by molar-refractivity contribution is 5.78. The van der Waals surface area contributed by atoms with Crippen molar-refractivity contribution in [2.45, 2.75) is 13.5 Å². The summed E-state index contributed by atoms with van der Waals surface area (Å²) in [5, 5.41) is 4.56. The first kappa shape index (κ1) is 12.1. The molecule has 0 aliphatic rings. The average molecular weight is 232 g/mol. The van der Waals surface area contributed by atoms with Gasteiger partial charge < -0.3 is 14.6 Å². The Hall–Kier alpha value is -1.32. The molecule has 0 atom stereocenters. The van der Waals surface area contributed by atoms with E-state index in [1.165, 1.54) is 10.9 Å². The van der Waals surface area contributed by atoms with Crippen molar-refractivity contribution in [1.29, 1.82) is 0 Å². The van der Waals surface area contributed by atoms with Crippen molar-refractivity contribution in [3.05, 3.63) is 35.6 Å². The van der Waals surface area contributed by atoms with Crippen molar-refractivity contribution >= 4 is 11.0 Å². The Morgan fingerprint density at radius 1 is 1.24 bits per heavy atom. The maximum atomic E-state index is 5.75. The summed E-state index contributed by atoms with van der Waals surface area (Å²) in [6.45, 7) is 4.91. The Morgan fingerprint density at radius 3 is 2.82 bits per heavy atom. The largest absolute Gasteiger partial charge is 0.460 e. The zero-order valence-corrected chi connectivity index (χ0v) is 10.8. The molecule has 1 N–H and O–H groups in total. The Kier molecular flexibility index (Phi) is 3.82. The fourth-order valence-corrected chi connectivity index (χ4v) is 1.82. The number of hydrogen-bond acceptors (Lipinski definition) is 3. The first-order valence-electron chi connectivity index (χ1n) is 5.99. The molecule has 0 bridgehead atoms. The number of furan rings is 1. The van der Waals surface area contributed by atoms with Crippen molar-refractivity contribution in [3.8, 4) is 0 Å². The second-order valence-electron chi connectivity index (χ2n) is 4.73. The number of hydrogen-bond donors (Lipinski definition) is 1. The molecule has 2 aromatic rings. The standard InChI is InChI=1S/C14H20N2O/c1-11-4-5-14-12(8-11)9-13(17-14)10-15-6-7-16(2)3/h4-5,8-9,15H,6-7,10H2,1-3H3. The van der Waals surface area contributed by atoms with Crippen LogP contribution < -0.4 is 5.32 Å².